The van der Waals surface area contributed by atoms with Crippen LogP contribution in [0.4, 0.5) is 0 Å². The molecule has 0 spiro atoms. The maximum atomic E-state index is 8.85. The summed E-state index contributed by atoms with van der Waals surface area (Å²) in [4.78, 5) is 0. The van der Waals surface area contributed by atoms with Gasteiger partial charge in [-0.3, -0.25) is 0 Å². The second-order valence-electron chi connectivity index (χ2n) is 0.493. The normalized spacial score (nSPS) is 9.67. The van der Waals surface area contributed by atoms with E-state index >= 15 is 0 Å². The van der Waals surface area contributed by atoms with E-state index in [0.29, 0.717) is 0 Å². The molecule has 0 aliphatic rings. The smallest absolute Gasteiger partial charge is 0.736 e. The summed E-state index contributed by atoms with van der Waals surface area (Å²) in [5.41, 5.74) is 0. The molecule has 4 nitrogen and oxygen atoms in total. The molecule has 0 unspecified atom stereocenters. The van der Waals surface area contributed by atoms with Gasteiger partial charge in [0.25, 0.3) is 0 Å². The van der Waals surface area contributed by atoms with E-state index in [9.17, 15) is 0 Å². The summed E-state index contributed by atoms with van der Waals surface area (Å²) < 4.78 is 26.6. The molecule has 0 aromatic carbocycles. The van der Waals surface area contributed by atoms with Gasteiger partial charge < -0.3 is 4.55 Å². The molecule has 0 saturated carbocycles. The molecule has 32 valence electrons. The molecule has 0 aromatic rings. The van der Waals surface area contributed by atoms with Gasteiger partial charge in [0, 0.05) is 0 Å². The van der Waals surface area contributed by atoms with Gasteiger partial charge >= 0.3 is 17.4 Å². The number of hydrogen-bond acceptors (Lipinski definition) is 3. The van der Waals surface area contributed by atoms with Crippen LogP contribution in [0, 0.1) is 0 Å². The first-order chi connectivity index (χ1) is 2.00. The molecule has 0 atom stereocenters. The van der Waals surface area contributed by atoms with Crippen LogP contribution in [-0.4, -0.2) is 30.3 Å². The summed E-state index contributed by atoms with van der Waals surface area (Å²) in [7, 11) is -4.42. The van der Waals surface area contributed by atoms with Crippen molar-refractivity contribution in [1.82, 2.24) is 0 Å². The molecule has 0 rings (SSSR count). The van der Waals surface area contributed by atoms with Gasteiger partial charge in [-0.2, -0.15) is 0 Å². The van der Waals surface area contributed by atoms with Crippen LogP contribution in [0.15, 0.2) is 0 Å². The topological polar surface area (TPSA) is 83.2 Å². The molecule has 0 aliphatic heterocycles. The average Bonchev–Trinajstić information content (AvgIpc) is 0.722. The van der Waals surface area contributed by atoms with Gasteiger partial charge in [0.05, 0.1) is 0 Å². The van der Waals surface area contributed by atoms with Crippen molar-refractivity contribution in [3.05, 3.63) is 0 Å². The molecule has 6 heteroatoms. The van der Waals surface area contributed by atoms with E-state index in [0.717, 1.165) is 0 Å². The van der Waals surface area contributed by atoms with Crippen LogP contribution >= 0.6 is 0 Å². The zero-order valence-corrected chi connectivity index (χ0v) is 4.76. The molecule has 2 N–H and O–H groups in total. The van der Waals surface area contributed by atoms with Crippen molar-refractivity contribution in [2.45, 2.75) is 0 Å². The Bertz CT molecular complexity index is 94.0. The van der Waals surface area contributed by atoms with E-state index in [1.807, 2.05) is 0 Å². The molecule has 0 bridgehead atoms. The molecule has 0 heterocycles. The Morgan fingerprint density at radius 2 is 1.50 bits per heavy atom. The molecule has 6 heavy (non-hydrogen) atoms. The van der Waals surface area contributed by atoms with E-state index in [4.69, 9.17) is 13.0 Å². The van der Waals surface area contributed by atoms with Gasteiger partial charge in [-0.05, 0) is 0 Å². The second-order valence-corrected chi connectivity index (χ2v) is 1.48. The van der Waals surface area contributed by atoms with Gasteiger partial charge in [0.15, 0.2) is 10.3 Å². The molecule has 0 amide bonds. The van der Waals surface area contributed by atoms with Crippen molar-refractivity contribution < 1.29 is 13.0 Å². The quantitative estimate of drug-likeness (QED) is 0.299. The zero-order chi connectivity index (χ0) is 4.50. The minimum atomic E-state index is -4.42. The van der Waals surface area contributed by atoms with Gasteiger partial charge in [-0.25, -0.2) is 13.6 Å². The average molecular weight is 123 g/mol. The fourth-order valence-corrected chi connectivity index (χ4v) is 0. The first-order valence-corrected chi connectivity index (χ1v) is 2.21. The summed E-state index contributed by atoms with van der Waals surface area (Å²) >= 11 is 0. The maximum absolute atomic E-state index is 8.85. The molecular formula is H2AlNO3S+2. The first kappa shape index (κ1) is 9.64. The Balaban J connectivity index is 0. The van der Waals surface area contributed by atoms with Crippen LogP contribution in [0.1, 0.15) is 0 Å². The predicted octanol–water partition coefficient (Wildman–Crippen LogP) is -1.98. The zero-order valence-electron chi connectivity index (χ0n) is 2.79. The SMILES string of the molecule is NS(=O)(=O)[O-].[Al+3]. The van der Waals surface area contributed by atoms with Gasteiger partial charge in [-0.15, -0.1) is 0 Å². The summed E-state index contributed by atoms with van der Waals surface area (Å²) in [6, 6.07) is 0. The fraction of sp³-hybridized carbons (Fsp3) is 0. The van der Waals surface area contributed by atoms with Crippen LogP contribution in [0.2, 0.25) is 0 Å². The summed E-state index contributed by atoms with van der Waals surface area (Å²) in [5.74, 6) is 0. The van der Waals surface area contributed by atoms with Crippen LogP contribution < -0.4 is 5.14 Å². The minimum absolute atomic E-state index is 0. The van der Waals surface area contributed by atoms with Crippen molar-refractivity contribution in [2.75, 3.05) is 0 Å². The molecule has 0 fully saturated rings. The third-order valence-electron chi connectivity index (χ3n) is 0. The standard InChI is InChI=1S/Al.H3NO3S/c;1-5(2,3)4/h;(H3,1,2,3,4)/q+3;/p-1. The van der Waals surface area contributed by atoms with Crippen LogP contribution in [0.25, 0.3) is 0 Å². The molecule has 0 aromatic heterocycles. The Hall–Kier alpha value is 0.402. The Labute approximate surface area is 46.4 Å². The third-order valence-corrected chi connectivity index (χ3v) is 0. The van der Waals surface area contributed by atoms with Crippen molar-refractivity contribution in [1.29, 1.82) is 0 Å². The first-order valence-electron chi connectivity index (χ1n) is 0.736. The fourth-order valence-electron chi connectivity index (χ4n) is 0. The van der Waals surface area contributed by atoms with Crippen LogP contribution in [0.3, 0.4) is 0 Å². The third kappa shape index (κ3) is 315. The monoisotopic (exact) mass is 123 g/mol. The van der Waals surface area contributed by atoms with Gasteiger partial charge in [-0.1, -0.05) is 0 Å². The Morgan fingerprint density at radius 3 is 1.50 bits per heavy atom. The van der Waals surface area contributed by atoms with Crippen molar-refractivity contribution in [2.24, 2.45) is 5.14 Å². The molecular weight excluding hydrogens is 121 g/mol. The maximum Gasteiger partial charge on any atom is 3.00 e. The van der Waals surface area contributed by atoms with Crippen LogP contribution in [-0.2, 0) is 10.3 Å². The Morgan fingerprint density at radius 1 is 1.50 bits per heavy atom. The van der Waals surface area contributed by atoms with Crippen molar-refractivity contribution in [3.8, 4) is 0 Å². The summed E-state index contributed by atoms with van der Waals surface area (Å²) in [6.07, 6.45) is 0. The number of hydrogen-bond donors (Lipinski definition) is 1. The van der Waals surface area contributed by atoms with E-state index < -0.39 is 10.3 Å². The minimum Gasteiger partial charge on any atom is -0.736 e. The summed E-state index contributed by atoms with van der Waals surface area (Å²) in [6.45, 7) is 0. The van der Waals surface area contributed by atoms with Crippen molar-refractivity contribution >= 4 is 27.7 Å². The number of rotatable bonds is 0. The van der Waals surface area contributed by atoms with E-state index in [1.165, 1.54) is 0 Å². The van der Waals surface area contributed by atoms with E-state index in [1.54, 1.807) is 0 Å². The molecule has 0 radical (unpaired) electrons. The summed E-state index contributed by atoms with van der Waals surface area (Å²) in [5, 5.41) is 3.77. The van der Waals surface area contributed by atoms with Crippen LogP contribution in [0.5, 0.6) is 0 Å². The van der Waals surface area contributed by atoms with E-state index in [-0.39, 0.29) is 17.4 Å². The van der Waals surface area contributed by atoms with Gasteiger partial charge in [0.2, 0.25) is 0 Å². The molecule has 0 saturated heterocycles. The Kier molecular flexibility index (Phi) is 4.10. The number of nitrogens with two attached hydrogens (primary N) is 1. The largest absolute Gasteiger partial charge is 3.00 e. The second kappa shape index (κ2) is 2.55. The van der Waals surface area contributed by atoms with E-state index in [2.05, 4.69) is 5.14 Å². The molecule has 0 aliphatic carbocycles. The predicted molar refractivity (Wildman–Crippen MR) is 19.6 cm³/mol. The van der Waals surface area contributed by atoms with Crippen molar-refractivity contribution in [3.63, 3.8) is 0 Å². The van der Waals surface area contributed by atoms with Gasteiger partial charge in [0.1, 0.15) is 0 Å².